The SMILES string of the molecule is CCC(C)N1CCN(CCC(NC2CC2)C(N)=O)CC1. The first-order valence-corrected chi connectivity index (χ1v) is 8.12. The molecule has 1 amide bonds. The van der Waals surface area contributed by atoms with Crippen molar-refractivity contribution in [3.8, 4) is 0 Å². The van der Waals surface area contributed by atoms with E-state index < -0.39 is 0 Å². The van der Waals surface area contributed by atoms with Crippen molar-refractivity contribution in [1.82, 2.24) is 15.1 Å². The molecule has 5 nitrogen and oxygen atoms in total. The van der Waals surface area contributed by atoms with E-state index in [1.165, 1.54) is 19.3 Å². The van der Waals surface area contributed by atoms with E-state index in [9.17, 15) is 4.79 Å². The van der Waals surface area contributed by atoms with Gasteiger partial charge in [0.2, 0.25) is 5.91 Å². The molecule has 1 saturated heterocycles. The van der Waals surface area contributed by atoms with E-state index in [1.54, 1.807) is 0 Å². The van der Waals surface area contributed by atoms with Gasteiger partial charge in [0.1, 0.15) is 0 Å². The van der Waals surface area contributed by atoms with Crippen molar-refractivity contribution in [3.63, 3.8) is 0 Å². The highest BCUT2D eigenvalue weighted by Gasteiger charge is 2.28. The van der Waals surface area contributed by atoms with Gasteiger partial charge in [-0.25, -0.2) is 0 Å². The summed E-state index contributed by atoms with van der Waals surface area (Å²) in [5.74, 6) is -0.199. The summed E-state index contributed by atoms with van der Waals surface area (Å²) in [5, 5.41) is 3.35. The van der Waals surface area contributed by atoms with Crippen molar-refractivity contribution < 1.29 is 4.79 Å². The van der Waals surface area contributed by atoms with Crippen LogP contribution in [0.1, 0.15) is 39.5 Å². The van der Waals surface area contributed by atoms with E-state index in [2.05, 4.69) is 29.0 Å². The van der Waals surface area contributed by atoms with Crippen molar-refractivity contribution in [2.24, 2.45) is 5.73 Å². The molecule has 1 aliphatic carbocycles. The van der Waals surface area contributed by atoms with Crippen LogP contribution in [0.5, 0.6) is 0 Å². The standard InChI is InChI=1S/C15H30N4O/c1-3-12(2)19-10-8-18(9-11-19)7-6-14(15(16)20)17-13-4-5-13/h12-14,17H,3-11H2,1-2H3,(H2,16,20). The number of primary amides is 1. The van der Waals surface area contributed by atoms with Crippen LogP contribution < -0.4 is 11.1 Å². The number of carbonyl (C=O) groups excluding carboxylic acids is 1. The predicted molar refractivity (Wildman–Crippen MR) is 81.5 cm³/mol. The van der Waals surface area contributed by atoms with Gasteiger partial charge in [-0.2, -0.15) is 0 Å². The van der Waals surface area contributed by atoms with Gasteiger partial charge in [-0.3, -0.25) is 9.69 Å². The highest BCUT2D eigenvalue weighted by atomic mass is 16.1. The monoisotopic (exact) mass is 282 g/mol. The van der Waals surface area contributed by atoms with E-state index in [0.717, 1.165) is 39.1 Å². The number of hydrogen-bond acceptors (Lipinski definition) is 4. The van der Waals surface area contributed by atoms with E-state index >= 15 is 0 Å². The second-order valence-corrected chi connectivity index (χ2v) is 6.32. The summed E-state index contributed by atoms with van der Waals surface area (Å²) in [5.41, 5.74) is 5.48. The number of rotatable bonds is 8. The van der Waals surface area contributed by atoms with E-state index in [1.807, 2.05) is 0 Å². The summed E-state index contributed by atoms with van der Waals surface area (Å²) in [7, 11) is 0. The second kappa shape index (κ2) is 7.38. The molecule has 5 heteroatoms. The van der Waals surface area contributed by atoms with Crippen LogP contribution in [0.25, 0.3) is 0 Å². The predicted octanol–water partition coefficient (Wildman–Crippen LogP) is 0.399. The van der Waals surface area contributed by atoms with Crippen LogP contribution in [0.15, 0.2) is 0 Å². The Morgan fingerprint density at radius 1 is 1.30 bits per heavy atom. The molecule has 0 spiro atoms. The minimum Gasteiger partial charge on any atom is -0.368 e. The maximum atomic E-state index is 11.4. The zero-order valence-electron chi connectivity index (χ0n) is 13.0. The number of carbonyl (C=O) groups is 1. The molecule has 2 aliphatic rings. The van der Waals surface area contributed by atoms with Crippen LogP contribution in [0.2, 0.25) is 0 Å². The van der Waals surface area contributed by atoms with Crippen LogP contribution in [0.4, 0.5) is 0 Å². The van der Waals surface area contributed by atoms with Crippen LogP contribution >= 0.6 is 0 Å². The Balaban J connectivity index is 1.67. The molecule has 2 rings (SSSR count). The lowest BCUT2D eigenvalue weighted by atomic mass is 10.1. The molecule has 2 atom stereocenters. The van der Waals surface area contributed by atoms with Crippen molar-refractivity contribution in [2.75, 3.05) is 32.7 Å². The molecule has 0 aromatic heterocycles. The maximum Gasteiger partial charge on any atom is 0.234 e. The first-order valence-electron chi connectivity index (χ1n) is 8.12. The number of nitrogens with two attached hydrogens (primary N) is 1. The third-order valence-corrected chi connectivity index (χ3v) is 4.71. The number of piperazine rings is 1. The highest BCUT2D eigenvalue weighted by Crippen LogP contribution is 2.20. The fourth-order valence-corrected chi connectivity index (χ4v) is 2.84. The number of hydrogen-bond donors (Lipinski definition) is 2. The van der Waals surface area contributed by atoms with Gasteiger partial charge in [0.25, 0.3) is 0 Å². The Bertz CT molecular complexity index is 311. The highest BCUT2D eigenvalue weighted by molar-refractivity contribution is 5.79. The molecule has 1 heterocycles. The average Bonchev–Trinajstić information content (AvgIpc) is 3.27. The topological polar surface area (TPSA) is 61.6 Å². The summed E-state index contributed by atoms with van der Waals surface area (Å²) in [6, 6.07) is 1.08. The van der Waals surface area contributed by atoms with E-state index in [0.29, 0.717) is 12.1 Å². The molecule has 0 aromatic rings. The molecule has 20 heavy (non-hydrogen) atoms. The molecule has 2 unspecified atom stereocenters. The summed E-state index contributed by atoms with van der Waals surface area (Å²) in [6.07, 6.45) is 4.44. The van der Waals surface area contributed by atoms with Gasteiger partial charge in [0.15, 0.2) is 0 Å². The van der Waals surface area contributed by atoms with Gasteiger partial charge < -0.3 is 16.0 Å². The Morgan fingerprint density at radius 3 is 2.45 bits per heavy atom. The summed E-state index contributed by atoms with van der Waals surface area (Å²) < 4.78 is 0. The molecule has 2 fully saturated rings. The minimum absolute atomic E-state index is 0.143. The summed E-state index contributed by atoms with van der Waals surface area (Å²) >= 11 is 0. The molecule has 0 bridgehead atoms. The molecule has 116 valence electrons. The van der Waals surface area contributed by atoms with Crippen LogP contribution in [0, 0.1) is 0 Å². The average molecular weight is 282 g/mol. The molecular formula is C15H30N4O. The number of nitrogens with one attached hydrogen (secondary N) is 1. The fraction of sp³-hybridized carbons (Fsp3) is 0.933. The Labute approximate surface area is 122 Å². The van der Waals surface area contributed by atoms with Gasteiger partial charge in [-0.15, -0.1) is 0 Å². The van der Waals surface area contributed by atoms with Gasteiger partial charge in [0.05, 0.1) is 6.04 Å². The smallest absolute Gasteiger partial charge is 0.234 e. The summed E-state index contributed by atoms with van der Waals surface area (Å²) in [6.45, 7) is 10.0. The van der Waals surface area contributed by atoms with Crippen LogP contribution in [-0.2, 0) is 4.79 Å². The van der Waals surface area contributed by atoms with Gasteiger partial charge in [-0.05, 0) is 32.6 Å². The molecular weight excluding hydrogens is 252 g/mol. The van der Waals surface area contributed by atoms with Crippen LogP contribution in [0.3, 0.4) is 0 Å². The summed E-state index contributed by atoms with van der Waals surface area (Å²) in [4.78, 5) is 16.5. The number of amides is 1. The van der Waals surface area contributed by atoms with Gasteiger partial charge in [-0.1, -0.05) is 6.92 Å². The molecule has 0 aromatic carbocycles. The first-order chi connectivity index (χ1) is 9.60. The molecule has 1 aliphatic heterocycles. The zero-order chi connectivity index (χ0) is 14.5. The Morgan fingerprint density at radius 2 is 1.95 bits per heavy atom. The largest absolute Gasteiger partial charge is 0.368 e. The molecule has 3 N–H and O–H groups in total. The van der Waals surface area contributed by atoms with Crippen LogP contribution in [-0.4, -0.2) is 66.6 Å². The Kier molecular flexibility index (Phi) is 5.81. The maximum absolute atomic E-state index is 11.4. The third-order valence-electron chi connectivity index (χ3n) is 4.71. The van der Waals surface area contributed by atoms with Crippen molar-refractivity contribution >= 4 is 5.91 Å². The Hall–Kier alpha value is -0.650. The lowest BCUT2D eigenvalue weighted by Crippen LogP contribution is -2.51. The molecule has 0 radical (unpaired) electrons. The van der Waals surface area contributed by atoms with Gasteiger partial charge >= 0.3 is 0 Å². The fourth-order valence-electron chi connectivity index (χ4n) is 2.84. The quantitative estimate of drug-likeness (QED) is 0.676. The zero-order valence-corrected chi connectivity index (χ0v) is 13.0. The second-order valence-electron chi connectivity index (χ2n) is 6.32. The number of nitrogens with zero attached hydrogens (tertiary/aromatic N) is 2. The van der Waals surface area contributed by atoms with E-state index in [4.69, 9.17) is 5.73 Å². The van der Waals surface area contributed by atoms with Gasteiger partial charge in [0, 0.05) is 44.8 Å². The third kappa shape index (κ3) is 4.72. The van der Waals surface area contributed by atoms with E-state index in [-0.39, 0.29) is 11.9 Å². The molecule has 1 saturated carbocycles. The lowest BCUT2D eigenvalue weighted by Gasteiger charge is -2.38. The van der Waals surface area contributed by atoms with Crippen molar-refractivity contribution in [3.05, 3.63) is 0 Å². The lowest BCUT2D eigenvalue weighted by molar-refractivity contribution is -0.120. The van der Waals surface area contributed by atoms with Crippen molar-refractivity contribution in [2.45, 2.75) is 57.7 Å². The first kappa shape index (κ1) is 15.7. The van der Waals surface area contributed by atoms with Crippen molar-refractivity contribution in [1.29, 1.82) is 0 Å². The normalized spacial score (nSPS) is 24.5. The minimum atomic E-state index is -0.199.